The van der Waals surface area contributed by atoms with Gasteiger partial charge in [-0.2, -0.15) is 0 Å². The van der Waals surface area contributed by atoms with Crippen LogP contribution in [-0.2, 0) is 12.6 Å². The molecule has 0 saturated heterocycles. The lowest BCUT2D eigenvalue weighted by molar-refractivity contribution is 0.448. The van der Waals surface area contributed by atoms with Crippen molar-refractivity contribution in [3.63, 3.8) is 0 Å². The molecule has 0 aliphatic heterocycles. The second kappa shape index (κ2) is 3.38. The molecule has 0 atom stereocenters. The van der Waals surface area contributed by atoms with Gasteiger partial charge < -0.3 is 9.88 Å². The molecule has 1 aromatic carbocycles. The van der Waals surface area contributed by atoms with Crippen molar-refractivity contribution in [2.24, 2.45) is 7.05 Å². The van der Waals surface area contributed by atoms with Crippen LogP contribution in [0.4, 0.5) is 0 Å². The van der Waals surface area contributed by atoms with Crippen molar-refractivity contribution >= 4 is 10.9 Å². The van der Waals surface area contributed by atoms with Crippen molar-refractivity contribution in [1.29, 1.82) is 0 Å². The summed E-state index contributed by atoms with van der Waals surface area (Å²) in [5, 5.41) is 4.68. The first-order chi connectivity index (χ1) is 7.06. The Labute approximate surface area is 90.9 Å². The number of hydrogen-bond acceptors (Lipinski definition) is 1. The lowest BCUT2D eigenvalue weighted by Crippen LogP contribution is -2.33. The van der Waals surface area contributed by atoms with Gasteiger partial charge in [-0.25, -0.2) is 0 Å². The van der Waals surface area contributed by atoms with Gasteiger partial charge in [0.15, 0.2) is 0 Å². The number of aromatic nitrogens is 1. The molecular weight excluding hydrogens is 184 g/mol. The monoisotopic (exact) mass is 202 g/mol. The number of rotatable bonds is 2. The van der Waals surface area contributed by atoms with Gasteiger partial charge in [0.2, 0.25) is 0 Å². The fourth-order valence-electron chi connectivity index (χ4n) is 1.98. The molecule has 0 spiro atoms. The molecule has 80 valence electrons. The smallest absolute Gasteiger partial charge is 0.0481 e. The van der Waals surface area contributed by atoms with Crippen LogP contribution in [0.15, 0.2) is 30.5 Å². The molecule has 0 amide bonds. The fraction of sp³-hybridized carbons (Fsp3) is 0.385. The molecule has 2 heteroatoms. The zero-order valence-corrected chi connectivity index (χ0v) is 9.83. The SMILES string of the molecule is CNC(C)(C)c1cccc2c1ccn2C. The number of nitrogens with zero attached hydrogens (tertiary/aromatic N) is 1. The first kappa shape index (κ1) is 10.2. The molecule has 0 bridgehead atoms. The summed E-state index contributed by atoms with van der Waals surface area (Å²) in [5.74, 6) is 0. The van der Waals surface area contributed by atoms with E-state index < -0.39 is 0 Å². The minimum Gasteiger partial charge on any atom is -0.351 e. The van der Waals surface area contributed by atoms with E-state index in [-0.39, 0.29) is 5.54 Å². The van der Waals surface area contributed by atoms with Crippen LogP contribution in [0.1, 0.15) is 19.4 Å². The van der Waals surface area contributed by atoms with Crippen LogP contribution in [0.3, 0.4) is 0 Å². The van der Waals surface area contributed by atoms with Crippen LogP contribution < -0.4 is 5.32 Å². The Morgan fingerprint density at radius 3 is 2.60 bits per heavy atom. The van der Waals surface area contributed by atoms with E-state index in [0.29, 0.717) is 0 Å². The Morgan fingerprint density at radius 2 is 1.93 bits per heavy atom. The highest BCUT2D eigenvalue weighted by Crippen LogP contribution is 2.28. The maximum absolute atomic E-state index is 3.35. The largest absolute Gasteiger partial charge is 0.351 e. The van der Waals surface area contributed by atoms with Crippen molar-refractivity contribution < 1.29 is 0 Å². The third-order valence-corrected chi connectivity index (χ3v) is 3.23. The van der Waals surface area contributed by atoms with E-state index in [1.807, 2.05) is 7.05 Å². The van der Waals surface area contributed by atoms with Gasteiger partial charge in [0.1, 0.15) is 0 Å². The van der Waals surface area contributed by atoms with Gasteiger partial charge >= 0.3 is 0 Å². The molecule has 0 radical (unpaired) electrons. The van der Waals surface area contributed by atoms with E-state index in [1.165, 1.54) is 16.5 Å². The predicted octanol–water partition coefficient (Wildman–Crippen LogP) is 2.63. The molecular formula is C13H18N2. The van der Waals surface area contributed by atoms with Gasteiger partial charge in [0.05, 0.1) is 0 Å². The highest BCUT2D eigenvalue weighted by atomic mass is 14.9. The van der Waals surface area contributed by atoms with Gasteiger partial charge in [0, 0.05) is 29.7 Å². The molecule has 2 rings (SSSR count). The summed E-state index contributed by atoms with van der Waals surface area (Å²) in [4.78, 5) is 0. The molecule has 0 unspecified atom stereocenters. The average Bonchev–Trinajstić information content (AvgIpc) is 2.60. The minimum absolute atomic E-state index is 0.0147. The summed E-state index contributed by atoms with van der Waals surface area (Å²) >= 11 is 0. The Balaban J connectivity index is 2.71. The van der Waals surface area contributed by atoms with Crippen LogP contribution in [0.2, 0.25) is 0 Å². The first-order valence-corrected chi connectivity index (χ1v) is 5.30. The van der Waals surface area contributed by atoms with Crippen LogP contribution >= 0.6 is 0 Å². The summed E-state index contributed by atoms with van der Waals surface area (Å²) < 4.78 is 2.16. The summed E-state index contributed by atoms with van der Waals surface area (Å²) in [5.41, 5.74) is 2.65. The van der Waals surface area contributed by atoms with Gasteiger partial charge in [-0.3, -0.25) is 0 Å². The average molecular weight is 202 g/mol. The summed E-state index contributed by atoms with van der Waals surface area (Å²) in [6.07, 6.45) is 2.11. The van der Waals surface area contributed by atoms with E-state index in [2.05, 4.69) is 61.2 Å². The summed E-state index contributed by atoms with van der Waals surface area (Å²) in [6, 6.07) is 8.66. The number of nitrogens with one attached hydrogen (secondary N) is 1. The Kier molecular flexibility index (Phi) is 2.31. The van der Waals surface area contributed by atoms with Crippen molar-refractivity contribution in [2.75, 3.05) is 7.05 Å². The molecule has 1 heterocycles. The molecule has 0 saturated carbocycles. The van der Waals surface area contributed by atoms with Crippen LogP contribution in [-0.4, -0.2) is 11.6 Å². The van der Waals surface area contributed by atoms with Gasteiger partial charge in [-0.15, -0.1) is 0 Å². The maximum Gasteiger partial charge on any atom is 0.0481 e. The van der Waals surface area contributed by atoms with Gasteiger partial charge in [-0.1, -0.05) is 12.1 Å². The first-order valence-electron chi connectivity index (χ1n) is 5.30. The third-order valence-electron chi connectivity index (χ3n) is 3.23. The molecule has 2 aromatic rings. The molecule has 0 aliphatic rings. The number of hydrogen-bond donors (Lipinski definition) is 1. The molecule has 1 aromatic heterocycles. The Bertz CT molecular complexity index is 480. The van der Waals surface area contributed by atoms with Crippen LogP contribution in [0, 0.1) is 0 Å². The topological polar surface area (TPSA) is 17.0 Å². The van der Waals surface area contributed by atoms with E-state index >= 15 is 0 Å². The quantitative estimate of drug-likeness (QED) is 0.792. The normalized spacial score (nSPS) is 12.3. The van der Waals surface area contributed by atoms with Crippen molar-refractivity contribution in [3.05, 3.63) is 36.0 Å². The van der Waals surface area contributed by atoms with Crippen molar-refractivity contribution in [3.8, 4) is 0 Å². The van der Waals surface area contributed by atoms with Crippen LogP contribution in [0.25, 0.3) is 10.9 Å². The van der Waals surface area contributed by atoms with E-state index in [0.717, 1.165) is 0 Å². The molecule has 2 nitrogen and oxygen atoms in total. The standard InChI is InChI=1S/C13H18N2/c1-13(2,14-3)11-6-5-7-12-10(11)8-9-15(12)4/h5-9,14H,1-4H3. The number of aryl methyl sites for hydroxylation is 1. The van der Waals surface area contributed by atoms with Gasteiger partial charge in [-0.05, 0) is 38.6 Å². The second-order valence-corrected chi connectivity index (χ2v) is 4.54. The predicted molar refractivity (Wildman–Crippen MR) is 65.0 cm³/mol. The minimum atomic E-state index is 0.0147. The Morgan fingerprint density at radius 1 is 1.20 bits per heavy atom. The zero-order chi connectivity index (χ0) is 11.1. The van der Waals surface area contributed by atoms with E-state index in [4.69, 9.17) is 0 Å². The molecule has 1 N–H and O–H groups in total. The highest BCUT2D eigenvalue weighted by Gasteiger charge is 2.20. The van der Waals surface area contributed by atoms with Crippen LogP contribution in [0.5, 0.6) is 0 Å². The highest BCUT2D eigenvalue weighted by molar-refractivity contribution is 5.84. The lowest BCUT2D eigenvalue weighted by atomic mass is 9.92. The van der Waals surface area contributed by atoms with Gasteiger partial charge in [0.25, 0.3) is 0 Å². The summed E-state index contributed by atoms with van der Waals surface area (Å²) in [7, 11) is 4.08. The number of benzene rings is 1. The maximum atomic E-state index is 3.35. The van der Waals surface area contributed by atoms with E-state index in [9.17, 15) is 0 Å². The summed E-state index contributed by atoms with van der Waals surface area (Å²) in [6.45, 7) is 4.41. The molecule has 15 heavy (non-hydrogen) atoms. The molecule has 0 fully saturated rings. The fourth-order valence-corrected chi connectivity index (χ4v) is 1.98. The second-order valence-electron chi connectivity index (χ2n) is 4.54. The Hall–Kier alpha value is -1.28. The zero-order valence-electron chi connectivity index (χ0n) is 9.83. The van der Waals surface area contributed by atoms with E-state index in [1.54, 1.807) is 0 Å². The van der Waals surface area contributed by atoms with Crippen molar-refractivity contribution in [2.45, 2.75) is 19.4 Å². The van der Waals surface area contributed by atoms with Crippen molar-refractivity contribution in [1.82, 2.24) is 9.88 Å². The number of fused-ring (bicyclic) bond motifs is 1. The molecule has 0 aliphatic carbocycles. The third kappa shape index (κ3) is 1.55. The lowest BCUT2D eigenvalue weighted by Gasteiger charge is -2.25.